The molecule has 6 nitrogen and oxygen atoms in total. The zero-order valence-electron chi connectivity index (χ0n) is 48.1. The molecule has 0 saturated carbocycles. The number of esters is 3. The van der Waals surface area contributed by atoms with Gasteiger partial charge < -0.3 is 14.2 Å². The molecule has 1 atom stereocenters. The number of ether oxygens (including phenoxy) is 3. The van der Waals surface area contributed by atoms with Crippen molar-refractivity contribution in [2.24, 2.45) is 0 Å². The summed E-state index contributed by atoms with van der Waals surface area (Å²) in [5, 5.41) is 0. The number of carbonyl (C=O) groups is 3. The predicted molar refractivity (Wildman–Crippen MR) is 316 cm³/mol. The molecule has 0 bridgehead atoms. The van der Waals surface area contributed by atoms with Gasteiger partial charge in [0, 0.05) is 19.3 Å². The molecule has 0 spiro atoms. The van der Waals surface area contributed by atoms with Gasteiger partial charge in [-0.25, -0.2) is 0 Å². The summed E-state index contributed by atoms with van der Waals surface area (Å²) in [7, 11) is 0. The molecular formula is C67H116O6. The summed E-state index contributed by atoms with van der Waals surface area (Å²) >= 11 is 0. The Bertz CT molecular complexity index is 1400. The third kappa shape index (κ3) is 59.3. The lowest BCUT2D eigenvalue weighted by Gasteiger charge is -2.18. The Morgan fingerprint density at radius 3 is 0.849 bits per heavy atom. The van der Waals surface area contributed by atoms with E-state index in [1.165, 1.54) is 141 Å². The van der Waals surface area contributed by atoms with E-state index in [0.29, 0.717) is 19.3 Å². The van der Waals surface area contributed by atoms with Gasteiger partial charge >= 0.3 is 17.9 Å². The minimum atomic E-state index is -0.786. The summed E-state index contributed by atoms with van der Waals surface area (Å²) < 4.78 is 16.9. The topological polar surface area (TPSA) is 78.9 Å². The maximum Gasteiger partial charge on any atom is 0.306 e. The van der Waals surface area contributed by atoms with Gasteiger partial charge in [0.2, 0.25) is 0 Å². The van der Waals surface area contributed by atoms with Crippen LogP contribution in [0, 0.1) is 0 Å². The zero-order valence-corrected chi connectivity index (χ0v) is 48.1. The molecule has 0 N–H and O–H groups in total. The normalized spacial score (nSPS) is 12.6. The highest BCUT2D eigenvalue weighted by Gasteiger charge is 2.19. The molecule has 73 heavy (non-hydrogen) atoms. The van der Waals surface area contributed by atoms with Crippen LogP contribution >= 0.6 is 0 Å². The van der Waals surface area contributed by atoms with Crippen molar-refractivity contribution in [1.82, 2.24) is 0 Å². The van der Waals surface area contributed by atoms with Crippen molar-refractivity contribution in [3.63, 3.8) is 0 Å². The molecular weight excluding hydrogens is 901 g/mol. The van der Waals surface area contributed by atoms with Gasteiger partial charge in [0.25, 0.3) is 0 Å². The van der Waals surface area contributed by atoms with E-state index in [0.717, 1.165) is 122 Å². The maximum absolute atomic E-state index is 12.9. The summed E-state index contributed by atoms with van der Waals surface area (Å²) in [4.78, 5) is 38.3. The summed E-state index contributed by atoms with van der Waals surface area (Å²) in [6, 6.07) is 0. The smallest absolute Gasteiger partial charge is 0.306 e. The molecule has 0 aliphatic heterocycles. The molecule has 0 rings (SSSR count). The third-order valence-corrected chi connectivity index (χ3v) is 13.4. The molecule has 1 unspecified atom stereocenters. The molecule has 6 heteroatoms. The van der Waals surface area contributed by atoms with Crippen LogP contribution in [0.5, 0.6) is 0 Å². The van der Waals surface area contributed by atoms with E-state index in [9.17, 15) is 14.4 Å². The number of allylic oxidation sites excluding steroid dienone is 14. The van der Waals surface area contributed by atoms with Crippen LogP contribution in [0.1, 0.15) is 303 Å². The second-order valence-electron chi connectivity index (χ2n) is 20.6. The first-order chi connectivity index (χ1) is 36.0. The summed E-state index contributed by atoms with van der Waals surface area (Å²) in [6.07, 6.45) is 80.0. The van der Waals surface area contributed by atoms with E-state index in [1.807, 2.05) is 0 Å². The van der Waals surface area contributed by atoms with Crippen molar-refractivity contribution in [1.29, 1.82) is 0 Å². The Kier molecular flexibility index (Phi) is 58.3. The van der Waals surface area contributed by atoms with Crippen molar-refractivity contribution in [3.05, 3.63) is 85.1 Å². The standard InChI is InChI=1S/C67H116O6/c1-4-7-10-13-16-19-22-25-28-29-30-31-32-33-34-35-36-37-40-42-45-48-51-54-57-60-66(69)72-63-64(73-67(70)61-58-55-52-49-46-43-39-27-24-21-18-15-12-9-6-3)62-71-65(68)59-56-53-50-47-44-41-38-26-23-20-17-14-11-8-5-2/h7,10,16,19,25,27-28,30-31,33-34,36-37,39,64H,4-6,8-9,11-15,17-18,20-24,26,29,32,35,38,40-63H2,1-3H3/b10-7-,19-16-,28-25-,31-30-,34-33-,37-36-,39-27-. The van der Waals surface area contributed by atoms with Gasteiger partial charge in [0.15, 0.2) is 6.10 Å². The summed E-state index contributed by atoms with van der Waals surface area (Å²) in [5.41, 5.74) is 0. The lowest BCUT2D eigenvalue weighted by atomic mass is 10.0. The van der Waals surface area contributed by atoms with E-state index < -0.39 is 6.10 Å². The number of carbonyl (C=O) groups excluding carboxylic acids is 3. The van der Waals surface area contributed by atoms with Crippen LogP contribution in [0.15, 0.2) is 85.1 Å². The van der Waals surface area contributed by atoms with E-state index in [2.05, 4.69) is 106 Å². The monoisotopic (exact) mass is 1020 g/mol. The molecule has 0 radical (unpaired) electrons. The molecule has 0 saturated heterocycles. The molecule has 0 fully saturated rings. The molecule has 0 aromatic rings. The fourth-order valence-corrected chi connectivity index (χ4v) is 8.74. The van der Waals surface area contributed by atoms with Crippen molar-refractivity contribution in [2.45, 2.75) is 309 Å². The van der Waals surface area contributed by atoms with E-state index >= 15 is 0 Å². The fourth-order valence-electron chi connectivity index (χ4n) is 8.74. The SMILES string of the molecule is CC/C=C\C/C=C\C/C=C\C/C=C\C/C=C\C/C=C\CCCCCCCCC(=O)OCC(COC(=O)CCCCCCCCCCCCCCCCC)OC(=O)CCCCCCC/C=C\CCCCCCCC. The van der Waals surface area contributed by atoms with Crippen LogP contribution in [0.4, 0.5) is 0 Å². The average Bonchev–Trinajstić information content (AvgIpc) is 3.39. The minimum absolute atomic E-state index is 0.0818. The first-order valence-corrected chi connectivity index (χ1v) is 31.1. The highest BCUT2D eigenvalue weighted by molar-refractivity contribution is 5.71. The minimum Gasteiger partial charge on any atom is -0.462 e. The lowest BCUT2D eigenvalue weighted by Crippen LogP contribution is -2.30. The van der Waals surface area contributed by atoms with Crippen LogP contribution in [0.25, 0.3) is 0 Å². The Balaban J connectivity index is 4.37. The van der Waals surface area contributed by atoms with Gasteiger partial charge in [-0.15, -0.1) is 0 Å². The van der Waals surface area contributed by atoms with Gasteiger partial charge in [0.1, 0.15) is 13.2 Å². The quantitative estimate of drug-likeness (QED) is 0.0261. The van der Waals surface area contributed by atoms with Crippen molar-refractivity contribution < 1.29 is 28.6 Å². The number of hydrogen-bond donors (Lipinski definition) is 0. The van der Waals surface area contributed by atoms with E-state index in [1.54, 1.807) is 0 Å². The molecule has 420 valence electrons. The second kappa shape index (κ2) is 61.1. The summed E-state index contributed by atoms with van der Waals surface area (Å²) in [6.45, 7) is 6.53. The molecule has 0 amide bonds. The first kappa shape index (κ1) is 69.6. The molecule has 0 heterocycles. The number of unbranched alkanes of at least 4 members (excludes halogenated alkanes) is 31. The average molecular weight is 1020 g/mol. The van der Waals surface area contributed by atoms with Crippen molar-refractivity contribution in [2.75, 3.05) is 13.2 Å². The van der Waals surface area contributed by atoms with Crippen LogP contribution < -0.4 is 0 Å². The Labute approximate surface area is 452 Å². The van der Waals surface area contributed by atoms with Gasteiger partial charge in [-0.05, 0) is 96.3 Å². The molecule has 0 aromatic heterocycles. The van der Waals surface area contributed by atoms with Gasteiger partial charge in [-0.2, -0.15) is 0 Å². The number of rotatable bonds is 56. The van der Waals surface area contributed by atoms with Crippen molar-refractivity contribution >= 4 is 17.9 Å². The van der Waals surface area contributed by atoms with Crippen molar-refractivity contribution in [3.8, 4) is 0 Å². The van der Waals surface area contributed by atoms with E-state index in [4.69, 9.17) is 14.2 Å². The first-order valence-electron chi connectivity index (χ1n) is 31.1. The Hall–Kier alpha value is -3.41. The zero-order chi connectivity index (χ0) is 52.9. The van der Waals surface area contributed by atoms with Gasteiger partial charge in [-0.1, -0.05) is 273 Å². The fraction of sp³-hybridized carbons (Fsp3) is 0.746. The molecule has 0 aliphatic carbocycles. The second-order valence-corrected chi connectivity index (χ2v) is 20.6. The van der Waals surface area contributed by atoms with Gasteiger partial charge in [0.05, 0.1) is 0 Å². The van der Waals surface area contributed by atoms with Crippen LogP contribution in [-0.2, 0) is 28.6 Å². The largest absolute Gasteiger partial charge is 0.462 e. The third-order valence-electron chi connectivity index (χ3n) is 13.4. The maximum atomic E-state index is 12.9. The van der Waals surface area contributed by atoms with E-state index in [-0.39, 0.29) is 31.1 Å². The van der Waals surface area contributed by atoms with Crippen LogP contribution in [0.3, 0.4) is 0 Å². The lowest BCUT2D eigenvalue weighted by molar-refractivity contribution is -0.167. The van der Waals surface area contributed by atoms with Crippen LogP contribution in [0.2, 0.25) is 0 Å². The Morgan fingerprint density at radius 2 is 0.534 bits per heavy atom. The van der Waals surface area contributed by atoms with Crippen LogP contribution in [-0.4, -0.2) is 37.2 Å². The summed E-state index contributed by atoms with van der Waals surface area (Å²) in [5.74, 6) is -0.894. The highest BCUT2D eigenvalue weighted by atomic mass is 16.6. The number of hydrogen-bond acceptors (Lipinski definition) is 6. The Morgan fingerprint density at radius 1 is 0.288 bits per heavy atom. The molecule has 0 aromatic carbocycles. The molecule has 0 aliphatic rings. The van der Waals surface area contributed by atoms with Gasteiger partial charge in [-0.3, -0.25) is 14.4 Å². The highest BCUT2D eigenvalue weighted by Crippen LogP contribution is 2.16. The predicted octanol–water partition coefficient (Wildman–Crippen LogP) is 21.1.